The van der Waals surface area contributed by atoms with Gasteiger partial charge in [-0.05, 0) is 212 Å². The van der Waals surface area contributed by atoms with Gasteiger partial charge in [0, 0.05) is 59.9 Å². The minimum Gasteiger partial charge on any atom is -0.497 e. The van der Waals surface area contributed by atoms with Crippen LogP contribution in [0, 0.1) is 0 Å². The average molecular weight is 1930 g/mol. The molecule has 0 spiro atoms. The van der Waals surface area contributed by atoms with Gasteiger partial charge in [0.15, 0.2) is 23.8 Å². The van der Waals surface area contributed by atoms with Crippen molar-refractivity contribution < 1.29 is 98.4 Å². The topological polar surface area (TPSA) is 534 Å². The molecule has 0 saturated carbocycles. The Balaban J connectivity index is 0.000000161. The van der Waals surface area contributed by atoms with Crippen molar-refractivity contribution in [1.29, 1.82) is 0 Å². The van der Waals surface area contributed by atoms with Crippen LogP contribution in [0.4, 0.5) is 0 Å². The first-order valence-electron chi connectivity index (χ1n) is 40.5. The molecule has 0 fully saturated rings. The highest BCUT2D eigenvalue weighted by atomic mass is 32.2. The molecule has 4 atom stereocenters. The molecule has 38 nitrogen and oxygen atoms in total. The largest absolute Gasteiger partial charge is 0.497 e. The van der Waals surface area contributed by atoms with Gasteiger partial charge in [-0.25, -0.2) is 20.0 Å². The van der Waals surface area contributed by atoms with Crippen LogP contribution < -0.4 is 58.6 Å². The summed E-state index contributed by atoms with van der Waals surface area (Å²) in [4.78, 5) is 104. The van der Waals surface area contributed by atoms with E-state index in [4.69, 9.17) is 68.5 Å². The van der Waals surface area contributed by atoms with Crippen LogP contribution in [0.1, 0.15) is 52.0 Å². The SMILES string of the molecule is CC(=O)O.COc1cccc(-c2ccnc(C3(c4ccc(OS(C)(=O)=O)cc4)N=C(N)N(C)C3=O)c2)c1.COc1cccc(-c2ccnc(C3(c4ccc(OS(C)(=O)=O)cc4)N=C(N)N(C)C3=O)c2)c1.COc1cccc(-c2ccnc(C3(c4ccc(OS(C)(=O)=O)cc4)N=C(N)N(C)C3=O)c2)c1.COc1cccc(-c2ccnc(C3(c4ccc(OS(C)(=O)=O)cc4)N=C(N)N(C)C3=O)c2)c1. The molecule has 4 amide bonds. The molecule has 4 unspecified atom stereocenters. The number of carboxylic acids is 1. The third-order valence-corrected chi connectivity index (χ3v) is 23.2. The van der Waals surface area contributed by atoms with Crippen LogP contribution in [0.5, 0.6) is 46.0 Å². The van der Waals surface area contributed by atoms with E-state index in [-0.39, 0.29) is 70.5 Å². The number of nitrogens with zero attached hydrogens (tertiary/aromatic N) is 12. The Labute approximate surface area is 783 Å². The summed E-state index contributed by atoms with van der Waals surface area (Å²) < 4.78 is 132. The molecule has 0 bridgehead atoms. The third-order valence-electron chi connectivity index (χ3n) is 21.2. The third kappa shape index (κ3) is 21.7. The average Bonchev–Trinajstić information content (AvgIpc) is 1.56. The Hall–Kier alpha value is -16.2. The van der Waals surface area contributed by atoms with E-state index in [1.54, 1.807) is 126 Å². The van der Waals surface area contributed by atoms with Gasteiger partial charge in [0.2, 0.25) is 22.2 Å². The van der Waals surface area contributed by atoms with Gasteiger partial charge < -0.3 is 63.7 Å². The Morgan fingerprint density at radius 1 is 0.287 bits per heavy atom. The molecule has 4 aromatic heterocycles. The molecule has 42 heteroatoms. The molecule has 9 N–H and O–H groups in total. The Kier molecular flexibility index (Phi) is 29.1. The molecule has 4 aliphatic rings. The predicted octanol–water partition coefficient (Wildman–Crippen LogP) is 8.59. The lowest BCUT2D eigenvalue weighted by Crippen LogP contribution is -2.41. The summed E-state index contributed by atoms with van der Waals surface area (Å²) in [7, 11) is -2.25. The van der Waals surface area contributed by atoms with E-state index in [1.165, 1.54) is 96.3 Å². The number of methoxy groups -OCH3 is 4. The number of likely N-dealkylation sites (N-methyl/N-ethyl adjacent to an activating group) is 4. The van der Waals surface area contributed by atoms with E-state index >= 15 is 0 Å². The second-order valence-corrected chi connectivity index (χ2v) is 36.9. The van der Waals surface area contributed by atoms with E-state index in [0.29, 0.717) is 68.0 Å². The molecule has 16 rings (SSSR count). The summed E-state index contributed by atoms with van der Waals surface area (Å²) in [6.07, 6.45) is 10.2. The molecule has 4 aliphatic heterocycles. The van der Waals surface area contributed by atoms with Crippen molar-refractivity contribution in [2.45, 2.75) is 29.1 Å². The molecule has 704 valence electrons. The quantitative estimate of drug-likeness (QED) is 0.0353. The minimum absolute atomic E-state index is 0.0463. The van der Waals surface area contributed by atoms with Gasteiger partial charge in [0.05, 0.1) is 76.2 Å². The van der Waals surface area contributed by atoms with E-state index < -0.39 is 68.6 Å². The molecule has 12 aromatic rings. The number of carboxylic acid groups (broad SMARTS) is 1. The smallest absolute Gasteiger partial charge is 0.306 e. The number of aromatic nitrogens is 4. The van der Waals surface area contributed by atoms with Crippen LogP contribution in [0.2, 0.25) is 0 Å². The lowest BCUT2D eigenvalue weighted by atomic mass is 9.85. The van der Waals surface area contributed by atoms with Gasteiger partial charge >= 0.3 is 40.5 Å². The van der Waals surface area contributed by atoms with Gasteiger partial charge in [-0.1, -0.05) is 97.1 Å². The van der Waals surface area contributed by atoms with Crippen molar-refractivity contribution in [1.82, 2.24) is 39.5 Å². The highest BCUT2D eigenvalue weighted by molar-refractivity contribution is 7.87. The highest BCUT2D eigenvalue weighted by Crippen LogP contribution is 2.46. The van der Waals surface area contributed by atoms with Crippen molar-refractivity contribution in [3.8, 4) is 90.5 Å². The molecule has 0 radical (unpaired) electrons. The number of rotatable bonds is 24. The van der Waals surface area contributed by atoms with Crippen molar-refractivity contribution in [2.75, 3.05) is 81.7 Å². The fraction of sp³-hybridized carbons (Fsp3) is 0.181. The van der Waals surface area contributed by atoms with E-state index in [1.807, 2.05) is 121 Å². The van der Waals surface area contributed by atoms with Crippen LogP contribution >= 0.6 is 0 Å². The summed E-state index contributed by atoms with van der Waals surface area (Å²) in [5.74, 6) is 1.07. The molecule has 0 aliphatic carbocycles. The number of hydrogen-bond donors (Lipinski definition) is 5. The van der Waals surface area contributed by atoms with Gasteiger partial charge in [-0.15, -0.1) is 0 Å². The van der Waals surface area contributed by atoms with Crippen molar-refractivity contribution in [2.24, 2.45) is 42.9 Å². The molecule has 136 heavy (non-hydrogen) atoms. The van der Waals surface area contributed by atoms with E-state index in [0.717, 1.165) is 76.5 Å². The zero-order valence-electron chi connectivity index (χ0n) is 75.2. The summed E-state index contributed by atoms with van der Waals surface area (Å²) in [6.45, 7) is 1.08. The van der Waals surface area contributed by atoms with Gasteiger partial charge in [-0.2, -0.15) is 33.7 Å². The van der Waals surface area contributed by atoms with Crippen molar-refractivity contribution in [3.05, 3.63) is 312 Å². The van der Waals surface area contributed by atoms with Gasteiger partial charge in [0.1, 0.15) is 46.0 Å². The van der Waals surface area contributed by atoms with Gasteiger partial charge in [0.25, 0.3) is 29.6 Å². The number of benzene rings is 8. The van der Waals surface area contributed by atoms with Crippen LogP contribution in [-0.4, -0.2) is 213 Å². The first-order valence-corrected chi connectivity index (χ1v) is 47.7. The normalized spacial score (nSPS) is 17.9. The van der Waals surface area contributed by atoms with Gasteiger partial charge in [-0.3, -0.25) is 63.5 Å². The lowest BCUT2D eigenvalue weighted by Gasteiger charge is -2.25. The summed E-state index contributed by atoms with van der Waals surface area (Å²) in [5.41, 5.74) is 28.1. The van der Waals surface area contributed by atoms with Crippen molar-refractivity contribution in [3.63, 3.8) is 0 Å². The molecule has 0 saturated heterocycles. The maximum Gasteiger partial charge on any atom is 0.306 e. The Bertz CT molecular complexity index is 6380. The monoisotopic (exact) mass is 1920 g/mol. The highest BCUT2D eigenvalue weighted by Gasteiger charge is 2.55. The number of hydrogen-bond acceptors (Lipinski definition) is 33. The number of nitrogens with two attached hydrogens (primary N) is 4. The maximum atomic E-state index is 13.4. The molecule has 8 heterocycles. The molecule has 8 aromatic carbocycles. The minimum atomic E-state index is -3.69. The maximum absolute atomic E-state index is 13.4. The lowest BCUT2D eigenvalue weighted by molar-refractivity contribution is -0.134. The summed E-state index contributed by atoms with van der Waals surface area (Å²) in [5, 5.41) is 7.42. The zero-order valence-corrected chi connectivity index (χ0v) is 78.5. The second-order valence-electron chi connectivity index (χ2n) is 30.6. The Morgan fingerprint density at radius 3 is 0.603 bits per heavy atom. The molecular weight excluding hydrogens is 1830 g/mol. The fourth-order valence-electron chi connectivity index (χ4n) is 14.7. The van der Waals surface area contributed by atoms with Crippen LogP contribution in [0.25, 0.3) is 44.5 Å². The van der Waals surface area contributed by atoms with Crippen LogP contribution in [0.15, 0.2) is 287 Å². The second kappa shape index (κ2) is 40.1. The standard InChI is InChI=1S/4C23H22N4O5S.C2H4O2/c4*1-27-21(28)23(26-22(27)24,17-7-9-18(10-8-17)32-33(3,29)30)20-14-16(11-12-25-20)15-5-4-6-19(13-15)31-2;1-2(3)4/h4*4-14H,1-3H3,(H2,24,26);1H3,(H,3,4). The Morgan fingerprint density at radius 2 is 0.456 bits per heavy atom. The summed E-state index contributed by atoms with van der Waals surface area (Å²) >= 11 is 0. The number of pyridine rings is 4. The van der Waals surface area contributed by atoms with Crippen LogP contribution in [0.3, 0.4) is 0 Å². The first-order chi connectivity index (χ1) is 64.3. The number of carbonyl (C=O) groups is 5. The van der Waals surface area contributed by atoms with Crippen molar-refractivity contribution >= 4 is 93.9 Å². The van der Waals surface area contributed by atoms with E-state index in [9.17, 15) is 52.8 Å². The number of guanidine groups is 4. The number of aliphatic imine (C=N–C) groups is 4. The number of ether oxygens (including phenoxy) is 4. The zero-order chi connectivity index (χ0) is 98.8. The number of carbonyl (C=O) groups excluding carboxylic acids is 4. The summed E-state index contributed by atoms with van der Waals surface area (Å²) in [6, 6.07) is 68.8. The predicted molar refractivity (Wildman–Crippen MR) is 507 cm³/mol. The first kappa shape index (κ1) is 98.8. The fourth-order valence-corrected chi connectivity index (χ4v) is 16.6. The number of aliphatic carboxylic acids is 1. The van der Waals surface area contributed by atoms with E-state index in [2.05, 4.69) is 39.9 Å². The van der Waals surface area contributed by atoms with Crippen LogP contribution in [-0.2, 0) is 86.6 Å². The molecular formula is C94H92N16O22S4. The number of amides is 4.